The number of methoxy groups -OCH3 is 1. The molecule has 0 unspecified atom stereocenters. The second-order valence-electron chi connectivity index (χ2n) is 5.93. The van der Waals surface area contributed by atoms with E-state index in [0.29, 0.717) is 21.9 Å². The first-order valence-corrected chi connectivity index (χ1v) is 10.2. The van der Waals surface area contributed by atoms with E-state index in [1.54, 1.807) is 13.2 Å². The van der Waals surface area contributed by atoms with E-state index in [1.165, 1.54) is 23.1 Å². The highest BCUT2D eigenvalue weighted by atomic mass is 32.2. The number of para-hydroxylation sites is 3. The van der Waals surface area contributed by atoms with Gasteiger partial charge in [0, 0.05) is 0 Å². The Balaban J connectivity index is 1.51. The predicted octanol–water partition coefficient (Wildman–Crippen LogP) is 4.38. The van der Waals surface area contributed by atoms with Crippen molar-refractivity contribution in [3.8, 4) is 5.75 Å². The zero-order valence-corrected chi connectivity index (χ0v) is 16.8. The SMILES string of the molecule is COc1ccccc1Nc1nnc(S[C@H](C)c2nc3ccccc3c(=O)[nH]2)s1. The number of aromatic amines is 1. The molecule has 7 nitrogen and oxygen atoms in total. The van der Waals surface area contributed by atoms with Crippen molar-refractivity contribution >= 4 is 44.8 Å². The molecule has 9 heteroatoms. The molecule has 28 heavy (non-hydrogen) atoms. The van der Waals surface area contributed by atoms with Crippen LogP contribution in [0.15, 0.2) is 57.7 Å². The van der Waals surface area contributed by atoms with E-state index in [1.807, 2.05) is 49.4 Å². The molecule has 0 bridgehead atoms. The number of nitrogens with one attached hydrogen (secondary N) is 2. The highest BCUT2D eigenvalue weighted by molar-refractivity contribution is 8.01. The van der Waals surface area contributed by atoms with Crippen LogP contribution >= 0.6 is 23.1 Å². The Labute approximate surface area is 169 Å². The Bertz CT molecular complexity index is 1170. The van der Waals surface area contributed by atoms with Gasteiger partial charge in [-0.15, -0.1) is 10.2 Å². The first-order valence-electron chi connectivity index (χ1n) is 8.53. The monoisotopic (exact) mass is 411 g/mol. The number of hydrogen-bond acceptors (Lipinski definition) is 8. The molecule has 0 aliphatic rings. The van der Waals surface area contributed by atoms with Crippen LogP contribution in [-0.4, -0.2) is 27.3 Å². The number of anilines is 2. The summed E-state index contributed by atoms with van der Waals surface area (Å²) in [6.45, 7) is 1.98. The fourth-order valence-electron chi connectivity index (χ4n) is 2.68. The summed E-state index contributed by atoms with van der Waals surface area (Å²) < 4.78 is 6.12. The molecule has 0 radical (unpaired) electrons. The molecule has 2 aromatic heterocycles. The lowest BCUT2D eigenvalue weighted by atomic mass is 10.2. The summed E-state index contributed by atoms with van der Waals surface area (Å²) in [5.41, 5.74) is 1.37. The van der Waals surface area contributed by atoms with Gasteiger partial charge in [0.25, 0.3) is 5.56 Å². The maximum absolute atomic E-state index is 12.3. The molecule has 0 saturated carbocycles. The average molecular weight is 412 g/mol. The highest BCUT2D eigenvalue weighted by Gasteiger charge is 2.16. The van der Waals surface area contributed by atoms with Gasteiger partial charge in [-0.05, 0) is 31.2 Å². The van der Waals surface area contributed by atoms with Crippen molar-refractivity contribution in [1.29, 1.82) is 0 Å². The van der Waals surface area contributed by atoms with E-state index in [9.17, 15) is 4.79 Å². The lowest BCUT2D eigenvalue weighted by Crippen LogP contribution is -2.12. The van der Waals surface area contributed by atoms with Crippen molar-refractivity contribution in [3.63, 3.8) is 0 Å². The number of H-pyrrole nitrogens is 1. The fourth-order valence-corrected chi connectivity index (χ4v) is 4.64. The van der Waals surface area contributed by atoms with Gasteiger partial charge in [0.15, 0.2) is 4.34 Å². The molecule has 4 rings (SSSR count). The average Bonchev–Trinajstić information content (AvgIpc) is 3.15. The van der Waals surface area contributed by atoms with Crippen LogP contribution in [0.1, 0.15) is 18.0 Å². The van der Waals surface area contributed by atoms with Crippen LogP contribution in [0.5, 0.6) is 5.75 Å². The van der Waals surface area contributed by atoms with Crippen molar-refractivity contribution in [1.82, 2.24) is 20.2 Å². The largest absolute Gasteiger partial charge is 0.495 e. The molecular weight excluding hydrogens is 394 g/mol. The Morgan fingerprint density at radius 1 is 1.14 bits per heavy atom. The summed E-state index contributed by atoms with van der Waals surface area (Å²) in [5.74, 6) is 1.35. The Morgan fingerprint density at radius 2 is 1.93 bits per heavy atom. The number of thioether (sulfide) groups is 1. The summed E-state index contributed by atoms with van der Waals surface area (Å²) in [5, 5.41) is 12.8. The van der Waals surface area contributed by atoms with Gasteiger partial charge in [0.05, 0.1) is 29.0 Å². The summed E-state index contributed by atoms with van der Waals surface area (Å²) >= 11 is 2.93. The number of nitrogens with zero attached hydrogens (tertiary/aromatic N) is 3. The second kappa shape index (κ2) is 7.99. The van der Waals surface area contributed by atoms with E-state index in [4.69, 9.17) is 4.74 Å². The van der Waals surface area contributed by atoms with E-state index in [2.05, 4.69) is 25.5 Å². The van der Waals surface area contributed by atoms with Gasteiger partial charge in [-0.2, -0.15) is 0 Å². The van der Waals surface area contributed by atoms with Crippen LogP contribution in [0.3, 0.4) is 0 Å². The summed E-state index contributed by atoms with van der Waals surface area (Å²) in [4.78, 5) is 19.7. The van der Waals surface area contributed by atoms with Gasteiger partial charge in [0.2, 0.25) is 5.13 Å². The molecule has 0 amide bonds. The number of fused-ring (bicyclic) bond motifs is 1. The van der Waals surface area contributed by atoms with Gasteiger partial charge < -0.3 is 15.0 Å². The number of aromatic nitrogens is 4. The van der Waals surface area contributed by atoms with E-state index < -0.39 is 0 Å². The highest BCUT2D eigenvalue weighted by Crippen LogP contribution is 2.37. The lowest BCUT2D eigenvalue weighted by molar-refractivity contribution is 0.417. The van der Waals surface area contributed by atoms with Crippen molar-refractivity contribution in [2.24, 2.45) is 0 Å². The van der Waals surface area contributed by atoms with Crippen LogP contribution in [0.2, 0.25) is 0 Å². The predicted molar refractivity (Wildman–Crippen MR) is 113 cm³/mol. The third-order valence-corrected chi connectivity index (χ3v) is 6.08. The van der Waals surface area contributed by atoms with Gasteiger partial charge in [-0.1, -0.05) is 47.4 Å². The van der Waals surface area contributed by atoms with Crippen LogP contribution in [0, 0.1) is 0 Å². The smallest absolute Gasteiger partial charge is 0.258 e. The molecular formula is C19H17N5O2S2. The van der Waals surface area contributed by atoms with Crippen LogP contribution < -0.4 is 15.6 Å². The fraction of sp³-hybridized carbons (Fsp3) is 0.158. The third kappa shape index (κ3) is 3.85. The minimum atomic E-state index is -0.135. The molecule has 2 N–H and O–H groups in total. The molecule has 142 valence electrons. The molecule has 4 aromatic rings. The maximum atomic E-state index is 12.3. The molecule has 0 aliphatic heterocycles. The van der Waals surface area contributed by atoms with Gasteiger partial charge >= 0.3 is 0 Å². The number of hydrogen-bond donors (Lipinski definition) is 2. The molecule has 0 fully saturated rings. The van der Waals surface area contributed by atoms with E-state index in [0.717, 1.165) is 15.8 Å². The summed E-state index contributed by atoms with van der Waals surface area (Å²) in [6, 6.07) is 14.9. The van der Waals surface area contributed by atoms with E-state index in [-0.39, 0.29) is 10.8 Å². The molecule has 0 spiro atoms. The standard InChI is InChI=1S/C19H17N5O2S2/c1-11(16-20-13-8-4-3-7-12(13)17(25)22-16)27-19-24-23-18(28-19)21-14-9-5-6-10-15(14)26-2/h3-11H,1-2H3,(H,21,23)(H,20,22,25)/t11-/m1/s1. The van der Waals surface area contributed by atoms with Crippen molar-refractivity contribution < 1.29 is 4.74 Å². The zero-order valence-electron chi connectivity index (χ0n) is 15.2. The molecule has 1 atom stereocenters. The quantitative estimate of drug-likeness (QED) is 0.455. The summed E-state index contributed by atoms with van der Waals surface area (Å²) in [6.07, 6.45) is 0. The molecule has 2 aromatic carbocycles. The number of benzene rings is 2. The lowest BCUT2D eigenvalue weighted by Gasteiger charge is -2.09. The van der Waals surface area contributed by atoms with Crippen molar-refractivity contribution in [2.75, 3.05) is 12.4 Å². The maximum Gasteiger partial charge on any atom is 0.258 e. The Hall–Kier alpha value is -2.91. The molecule has 0 saturated heterocycles. The Morgan fingerprint density at radius 3 is 2.79 bits per heavy atom. The van der Waals surface area contributed by atoms with Crippen LogP contribution in [-0.2, 0) is 0 Å². The van der Waals surface area contributed by atoms with Crippen molar-refractivity contribution in [3.05, 3.63) is 64.7 Å². The van der Waals surface area contributed by atoms with Crippen LogP contribution in [0.25, 0.3) is 10.9 Å². The molecule has 0 aliphatic carbocycles. The topological polar surface area (TPSA) is 92.8 Å². The first-order chi connectivity index (χ1) is 13.6. The van der Waals surface area contributed by atoms with Crippen molar-refractivity contribution in [2.45, 2.75) is 16.5 Å². The minimum Gasteiger partial charge on any atom is -0.495 e. The number of ether oxygens (including phenoxy) is 1. The van der Waals surface area contributed by atoms with Gasteiger partial charge in [0.1, 0.15) is 11.6 Å². The summed E-state index contributed by atoms with van der Waals surface area (Å²) in [7, 11) is 1.63. The van der Waals surface area contributed by atoms with Gasteiger partial charge in [-0.25, -0.2) is 4.98 Å². The normalized spacial score (nSPS) is 12.1. The molecule has 2 heterocycles. The van der Waals surface area contributed by atoms with E-state index >= 15 is 0 Å². The first kappa shape index (κ1) is 18.5. The second-order valence-corrected chi connectivity index (χ2v) is 8.49. The van der Waals surface area contributed by atoms with Gasteiger partial charge in [-0.3, -0.25) is 4.79 Å². The zero-order chi connectivity index (χ0) is 19.5. The Kier molecular flexibility index (Phi) is 5.27. The minimum absolute atomic E-state index is 0.0793. The van der Waals surface area contributed by atoms with Crippen LogP contribution in [0.4, 0.5) is 10.8 Å². The third-order valence-electron chi connectivity index (χ3n) is 4.05. The number of rotatable bonds is 6.